The molecule has 0 aliphatic rings. The van der Waals surface area contributed by atoms with E-state index in [1.165, 1.54) is 5.56 Å². The maximum absolute atomic E-state index is 5.74. The molecule has 0 atom stereocenters. The molecule has 60 valence electrons. The Labute approximate surface area is 72.4 Å². The normalized spacial score (nSPS) is 10.1. The van der Waals surface area contributed by atoms with E-state index in [-0.39, 0.29) is 0 Å². The summed E-state index contributed by atoms with van der Waals surface area (Å²) >= 11 is 5.74. The van der Waals surface area contributed by atoms with Gasteiger partial charge in [-0.1, -0.05) is 31.5 Å². The molecule has 0 spiro atoms. The van der Waals surface area contributed by atoms with Crippen LogP contribution in [0.2, 0.25) is 5.15 Å². The molecule has 2 heteroatoms. The van der Waals surface area contributed by atoms with E-state index in [1.807, 2.05) is 12.1 Å². The summed E-state index contributed by atoms with van der Waals surface area (Å²) in [6.07, 6.45) is 2.00. The number of rotatable bonds is 2. The van der Waals surface area contributed by atoms with Crippen LogP contribution < -0.4 is 0 Å². The summed E-state index contributed by atoms with van der Waals surface area (Å²) in [6, 6.07) is 3.90. The van der Waals surface area contributed by atoms with Crippen molar-refractivity contribution in [2.45, 2.75) is 26.7 Å². The highest BCUT2D eigenvalue weighted by Crippen LogP contribution is 2.12. The fraction of sp³-hybridized carbons (Fsp3) is 0.444. The number of nitrogens with zero attached hydrogens (tertiary/aromatic N) is 1. The third kappa shape index (κ3) is 1.93. The lowest BCUT2D eigenvalue weighted by molar-refractivity contribution is 0.964. The number of aromatic nitrogens is 1. The quantitative estimate of drug-likeness (QED) is 0.621. The van der Waals surface area contributed by atoms with E-state index in [0.717, 1.165) is 18.5 Å². The van der Waals surface area contributed by atoms with Gasteiger partial charge >= 0.3 is 0 Å². The van der Waals surface area contributed by atoms with Gasteiger partial charge in [-0.2, -0.15) is 0 Å². The SMILES string of the molecule is CCc1ccc(Cl)nc1CC. The van der Waals surface area contributed by atoms with Crippen LogP contribution in [-0.2, 0) is 12.8 Å². The predicted molar refractivity (Wildman–Crippen MR) is 48.0 cm³/mol. The molecule has 0 aromatic carbocycles. The molecule has 0 N–H and O–H groups in total. The Morgan fingerprint density at radius 3 is 2.55 bits per heavy atom. The summed E-state index contributed by atoms with van der Waals surface area (Å²) in [5.74, 6) is 0. The minimum Gasteiger partial charge on any atom is -0.241 e. The van der Waals surface area contributed by atoms with Gasteiger partial charge < -0.3 is 0 Å². The molecule has 0 unspecified atom stereocenters. The molecule has 11 heavy (non-hydrogen) atoms. The highest BCUT2D eigenvalue weighted by atomic mass is 35.5. The van der Waals surface area contributed by atoms with Gasteiger partial charge in [0.05, 0.1) is 0 Å². The molecule has 0 saturated heterocycles. The maximum atomic E-state index is 5.74. The molecule has 0 bridgehead atoms. The van der Waals surface area contributed by atoms with Crippen molar-refractivity contribution in [1.82, 2.24) is 4.98 Å². The molecule has 0 aliphatic carbocycles. The van der Waals surface area contributed by atoms with Crippen LogP contribution in [0.4, 0.5) is 0 Å². The van der Waals surface area contributed by atoms with E-state index < -0.39 is 0 Å². The zero-order chi connectivity index (χ0) is 8.27. The van der Waals surface area contributed by atoms with Crippen molar-refractivity contribution in [1.29, 1.82) is 0 Å². The van der Waals surface area contributed by atoms with Gasteiger partial charge in [-0.15, -0.1) is 0 Å². The summed E-state index contributed by atoms with van der Waals surface area (Å²) in [4.78, 5) is 4.23. The zero-order valence-electron chi connectivity index (χ0n) is 6.89. The lowest BCUT2D eigenvalue weighted by atomic mass is 10.1. The maximum Gasteiger partial charge on any atom is 0.129 e. The van der Waals surface area contributed by atoms with Crippen LogP contribution >= 0.6 is 11.6 Å². The van der Waals surface area contributed by atoms with Gasteiger partial charge in [0.2, 0.25) is 0 Å². The molecule has 1 aromatic heterocycles. The van der Waals surface area contributed by atoms with Crippen molar-refractivity contribution in [2.24, 2.45) is 0 Å². The molecule has 1 nitrogen and oxygen atoms in total. The van der Waals surface area contributed by atoms with Crippen LogP contribution in [0.3, 0.4) is 0 Å². The number of hydrogen-bond acceptors (Lipinski definition) is 1. The molecule has 1 rings (SSSR count). The van der Waals surface area contributed by atoms with Gasteiger partial charge in [0.25, 0.3) is 0 Å². The van der Waals surface area contributed by atoms with Crippen LogP contribution in [0.5, 0.6) is 0 Å². The van der Waals surface area contributed by atoms with Gasteiger partial charge in [-0.05, 0) is 24.5 Å². The third-order valence-corrected chi connectivity index (χ3v) is 1.96. The Balaban J connectivity index is 3.06. The van der Waals surface area contributed by atoms with Crippen molar-refractivity contribution in [3.05, 3.63) is 28.5 Å². The second kappa shape index (κ2) is 3.72. The Hall–Kier alpha value is -0.560. The summed E-state index contributed by atoms with van der Waals surface area (Å²) in [5.41, 5.74) is 2.43. The molecular formula is C9H12ClN. The van der Waals surface area contributed by atoms with Crippen LogP contribution in [0, 0.1) is 0 Å². The first kappa shape index (κ1) is 8.54. The van der Waals surface area contributed by atoms with Crippen LogP contribution in [0.1, 0.15) is 25.1 Å². The molecule has 0 radical (unpaired) electrons. The summed E-state index contributed by atoms with van der Waals surface area (Å²) in [6.45, 7) is 4.22. The third-order valence-electron chi connectivity index (χ3n) is 1.75. The summed E-state index contributed by atoms with van der Waals surface area (Å²) < 4.78 is 0. The van der Waals surface area contributed by atoms with Crippen molar-refractivity contribution in [3.63, 3.8) is 0 Å². The van der Waals surface area contributed by atoms with E-state index in [2.05, 4.69) is 18.8 Å². The first-order chi connectivity index (χ1) is 5.27. The number of aryl methyl sites for hydroxylation is 2. The first-order valence-electron chi connectivity index (χ1n) is 3.92. The van der Waals surface area contributed by atoms with Crippen LogP contribution in [-0.4, -0.2) is 4.98 Å². The second-order valence-electron chi connectivity index (χ2n) is 2.45. The van der Waals surface area contributed by atoms with E-state index >= 15 is 0 Å². The number of hydrogen-bond donors (Lipinski definition) is 0. The Morgan fingerprint density at radius 1 is 1.27 bits per heavy atom. The molecule has 1 heterocycles. The van der Waals surface area contributed by atoms with E-state index in [0.29, 0.717) is 5.15 Å². The topological polar surface area (TPSA) is 12.9 Å². The zero-order valence-corrected chi connectivity index (χ0v) is 7.65. The minimum absolute atomic E-state index is 0.596. The van der Waals surface area contributed by atoms with E-state index in [1.54, 1.807) is 0 Å². The fourth-order valence-electron chi connectivity index (χ4n) is 1.13. The van der Waals surface area contributed by atoms with E-state index in [4.69, 9.17) is 11.6 Å². The highest BCUT2D eigenvalue weighted by molar-refractivity contribution is 6.29. The average molecular weight is 170 g/mol. The largest absolute Gasteiger partial charge is 0.241 e. The van der Waals surface area contributed by atoms with Crippen molar-refractivity contribution < 1.29 is 0 Å². The summed E-state index contributed by atoms with van der Waals surface area (Å²) in [5, 5.41) is 0.596. The van der Waals surface area contributed by atoms with Gasteiger partial charge in [-0.25, -0.2) is 4.98 Å². The number of pyridine rings is 1. The summed E-state index contributed by atoms with van der Waals surface area (Å²) in [7, 11) is 0. The predicted octanol–water partition coefficient (Wildman–Crippen LogP) is 2.86. The molecule has 0 aliphatic heterocycles. The first-order valence-corrected chi connectivity index (χ1v) is 4.30. The monoisotopic (exact) mass is 169 g/mol. The van der Waals surface area contributed by atoms with Gasteiger partial charge in [0.1, 0.15) is 5.15 Å². The molecular weight excluding hydrogens is 158 g/mol. The van der Waals surface area contributed by atoms with Gasteiger partial charge in [0.15, 0.2) is 0 Å². The Kier molecular flexibility index (Phi) is 2.89. The van der Waals surface area contributed by atoms with Crippen molar-refractivity contribution in [2.75, 3.05) is 0 Å². The van der Waals surface area contributed by atoms with Crippen LogP contribution in [0.15, 0.2) is 12.1 Å². The smallest absolute Gasteiger partial charge is 0.129 e. The Bertz CT molecular complexity index is 245. The Morgan fingerprint density at radius 2 is 2.00 bits per heavy atom. The molecule has 0 saturated carbocycles. The molecule has 0 amide bonds. The van der Waals surface area contributed by atoms with Gasteiger partial charge in [-0.3, -0.25) is 0 Å². The second-order valence-corrected chi connectivity index (χ2v) is 2.83. The lowest BCUT2D eigenvalue weighted by Crippen LogP contribution is -1.94. The molecule has 1 aromatic rings. The highest BCUT2D eigenvalue weighted by Gasteiger charge is 1.99. The number of halogens is 1. The molecule has 0 fully saturated rings. The fourth-order valence-corrected chi connectivity index (χ4v) is 1.30. The van der Waals surface area contributed by atoms with Gasteiger partial charge in [0, 0.05) is 5.69 Å². The van der Waals surface area contributed by atoms with Crippen LogP contribution in [0.25, 0.3) is 0 Å². The average Bonchev–Trinajstić information content (AvgIpc) is 2.04. The minimum atomic E-state index is 0.596. The van der Waals surface area contributed by atoms with Crippen molar-refractivity contribution in [3.8, 4) is 0 Å². The standard InChI is InChI=1S/C9H12ClN/c1-3-7-5-6-9(10)11-8(7)4-2/h5-6H,3-4H2,1-2H3. The lowest BCUT2D eigenvalue weighted by Gasteiger charge is -2.03. The van der Waals surface area contributed by atoms with Crippen molar-refractivity contribution >= 4 is 11.6 Å². The van der Waals surface area contributed by atoms with E-state index in [9.17, 15) is 0 Å².